The van der Waals surface area contributed by atoms with Gasteiger partial charge in [0.05, 0.1) is 12.9 Å². The number of nitrogens with zero attached hydrogens (tertiary/aromatic N) is 1. The monoisotopic (exact) mass is 300 g/mol. The number of anilines is 1. The van der Waals surface area contributed by atoms with E-state index in [4.69, 9.17) is 4.52 Å². The lowest BCUT2D eigenvalue weighted by molar-refractivity contribution is 0.347. The molecule has 0 spiro atoms. The molecule has 1 unspecified atom stereocenters. The van der Waals surface area contributed by atoms with Crippen LogP contribution in [0.1, 0.15) is 20.8 Å². The first-order valence-corrected chi connectivity index (χ1v) is 9.47. The minimum Gasteiger partial charge on any atom is -0.346 e. The Labute approximate surface area is 119 Å². The van der Waals surface area contributed by atoms with Crippen molar-refractivity contribution in [3.8, 4) is 0 Å². The van der Waals surface area contributed by atoms with Gasteiger partial charge in [-0.25, -0.2) is 0 Å². The fourth-order valence-electron chi connectivity index (χ4n) is 1.22. The van der Waals surface area contributed by atoms with Crippen LogP contribution in [-0.4, -0.2) is 18.7 Å². The second-order valence-corrected chi connectivity index (χ2v) is 8.51. The maximum atomic E-state index is 12.4. The van der Waals surface area contributed by atoms with Crippen LogP contribution < -0.4 is 5.32 Å². The summed E-state index contributed by atoms with van der Waals surface area (Å²) in [5.74, 6) is 1.22. The Hall–Kier alpha value is -0.770. The van der Waals surface area contributed by atoms with Crippen LogP contribution >= 0.6 is 18.1 Å². The molecule has 0 aliphatic heterocycles. The molecular formula is C13H21N2O2PS. The Kier molecular flexibility index (Phi) is 7.21. The van der Waals surface area contributed by atoms with Gasteiger partial charge >= 0.3 is 6.72 Å². The molecule has 0 bridgehead atoms. The van der Waals surface area contributed by atoms with Gasteiger partial charge < -0.3 is 9.84 Å². The third-order valence-corrected chi connectivity index (χ3v) is 6.22. The number of para-hydroxylation sites is 1. The molecule has 0 aromatic heterocycles. The van der Waals surface area contributed by atoms with E-state index in [0.717, 1.165) is 11.4 Å². The summed E-state index contributed by atoms with van der Waals surface area (Å²) in [5, 5.41) is 2.99. The van der Waals surface area contributed by atoms with Crippen molar-refractivity contribution in [2.45, 2.75) is 20.8 Å². The highest BCUT2D eigenvalue weighted by molar-refractivity contribution is 8.56. The average Bonchev–Trinajstić information content (AvgIpc) is 2.38. The summed E-state index contributed by atoms with van der Waals surface area (Å²) in [4.78, 5) is 0. The molecule has 0 saturated carbocycles. The zero-order chi connectivity index (χ0) is 14.1. The minimum atomic E-state index is -2.99. The second kappa shape index (κ2) is 8.41. The third kappa shape index (κ3) is 6.81. The van der Waals surface area contributed by atoms with Crippen molar-refractivity contribution in [2.75, 3.05) is 17.7 Å². The number of hydrogen-bond donors (Lipinski definition) is 1. The van der Waals surface area contributed by atoms with E-state index in [1.165, 1.54) is 17.7 Å². The van der Waals surface area contributed by atoms with Crippen LogP contribution in [0.5, 0.6) is 0 Å². The molecule has 0 amide bonds. The summed E-state index contributed by atoms with van der Waals surface area (Å²) >= 11 is 1.29. The van der Waals surface area contributed by atoms with Crippen LogP contribution in [-0.2, 0) is 9.09 Å². The molecule has 6 heteroatoms. The molecule has 0 fully saturated rings. The van der Waals surface area contributed by atoms with Gasteiger partial charge in [0.1, 0.15) is 0 Å². The van der Waals surface area contributed by atoms with Gasteiger partial charge in [0.15, 0.2) is 0 Å². The predicted molar refractivity (Wildman–Crippen MR) is 85.1 cm³/mol. The van der Waals surface area contributed by atoms with E-state index >= 15 is 0 Å². The predicted octanol–water partition coefficient (Wildman–Crippen LogP) is 4.66. The Balaban J connectivity index is 2.59. The SMILES string of the molecule is CCOP(=O)(N=CNc1ccccc1)SCC(C)C. The normalized spacial score (nSPS) is 14.7. The molecular weight excluding hydrogens is 279 g/mol. The largest absolute Gasteiger partial charge is 0.373 e. The maximum absolute atomic E-state index is 12.4. The van der Waals surface area contributed by atoms with Gasteiger partial charge in [0.2, 0.25) is 0 Å². The van der Waals surface area contributed by atoms with Crippen molar-refractivity contribution in [3.63, 3.8) is 0 Å². The molecule has 1 atom stereocenters. The van der Waals surface area contributed by atoms with Crippen molar-refractivity contribution in [3.05, 3.63) is 30.3 Å². The molecule has 0 radical (unpaired) electrons. The van der Waals surface area contributed by atoms with Gasteiger partial charge in [-0.1, -0.05) is 32.0 Å². The van der Waals surface area contributed by atoms with E-state index in [1.807, 2.05) is 37.3 Å². The first-order chi connectivity index (χ1) is 9.06. The van der Waals surface area contributed by atoms with Gasteiger partial charge in [0.25, 0.3) is 0 Å². The van der Waals surface area contributed by atoms with Gasteiger partial charge in [-0.3, -0.25) is 4.57 Å². The minimum absolute atomic E-state index is 0.394. The van der Waals surface area contributed by atoms with E-state index in [-0.39, 0.29) is 0 Å². The van der Waals surface area contributed by atoms with Crippen LogP contribution in [0.2, 0.25) is 0 Å². The van der Waals surface area contributed by atoms with Crippen molar-refractivity contribution < 1.29 is 9.09 Å². The van der Waals surface area contributed by atoms with Gasteiger partial charge in [-0.2, -0.15) is 4.76 Å². The summed E-state index contributed by atoms with van der Waals surface area (Å²) in [6, 6.07) is 9.61. The molecule has 1 N–H and O–H groups in total. The first kappa shape index (κ1) is 16.3. The van der Waals surface area contributed by atoms with Crippen LogP contribution in [0.3, 0.4) is 0 Å². The summed E-state index contributed by atoms with van der Waals surface area (Å²) < 4.78 is 21.8. The molecule has 106 valence electrons. The first-order valence-electron chi connectivity index (χ1n) is 6.30. The fourth-order valence-corrected chi connectivity index (χ4v) is 4.78. The molecule has 1 aromatic rings. The summed E-state index contributed by atoms with van der Waals surface area (Å²) in [5.41, 5.74) is 0.906. The van der Waals surface area contributed by atoms with E-state index in [0.29, 0.717) is 12.5 Å². The topological polar surface area (TPSA) is 50.7 Å². The van der Waals surface area contributed by atoms with Crippen LogP contribution in [0, 0.1) is 5.92 Å². The zero-order valence-corrected chi connectivity index (χ0v) is 13.3. The summed E-state index contributed by atoms with van der Waals surface area (Å²) in [6.07, 6.45) is 1.46. The van der Waals surface area contributed by atoms with Crippen molar-refractivity contribution >= 4 is 30.1 Å². The molecule has 0 aliphatic carbocycles. The standard InChI is InChI=1S/C13H21N2O2PS/c1-4-17-18(16,19-10-12(2)3)15-11-14-13-8-6-5-7-9-13/h5-9,11-12H,4,10H2,1-3H3,(H,14,15,16). The van der Waals surface area contributed by atoms with Crippen LogP contribution in [0.15, 0.2) is 35.1 Å². The highest BCUT2D eigenvalue weighted by Crippen LogP contribution is 2.61. The highest BCUT2D eigenvalue weighted by atomic mass is 32.7. The lowest BCUT2D eigenvalue weighted by atomic mass is 10.3. The zero-order valence-electron chi connectivity index (χ0n) is 11.6. The van der Waals surface area contributed by atoms with Crippen LogP contribution in [0.4, 0.5) is 5.69 Å². The number of nitrogens with one attached hydrogen (secondary N) is 1. The lowest BCUT2D eigenvalue weighted by Crippen LogP contribution is -1.96. The number of rotatable bonds is 8. The summed E-state index contributed by atoms with van der Waals surface area (Å²) in [6.45, 7) is 3.39. The van der Waals surface area contributed by atoms with Crippen molar-refractivity contribution in [2.24, 2.45) is 10.7 Å². The Morgan fingerprint density at radius 2 is 2.11 bits per heavy atom. The highest BCUT2D eigenvalue weighted by Gasteiger charge is 2.22. The Bertz CT molecular complexity index is 438. The smallest absolute Gasteiger partial charge is 0.346 e. The third-order valence-electron chi connectivity index (χ3n) is 2.07. The van der Waals surface area contributed by atoms with Gasteiger partial charge in [-0.05, 0) is 36.4 Å². The molecule has 0 saturated heterocycles. The van der Waals surface area contributed by atoms with Gasteiger partial charge in [-0.15, -0.1) is 0 Å². The Morgan fingerprint density at radius 3 is 2.68 bits per heavy atom. The molecule has 4 nitrogen and oxygen atoms in total. The average molecular weight is 300 g/mol. The van der Waals surface area contributed by atoms with E-state index in [1.54, 1.807) is 0 Å². The molecule has 19 heavy (non-hydrogen) atoms. The Morgan fingerprint density at radius 1 is 1.42 bits per heavy atom. The quantitative estimate of drug-likeness (QED) is 0.431. The van der Waals surface area contributed by atoms with E-state index < -0.39 is 6.72 Å². The second-order valence-electron chi connectivity index (χ2n) is 4.33. The van der Waals surface area contributed by atoms with Crippen molar-refractivity contribution in [1.82, 2.24) is 0 Å². The van der Waals surface area contributed by atoms with Crippen molar-refractivity contribution in [1.29, 1.82) is 0 Å². The lowest BCUT2D eigenvalue weighted by Gasteiger charge is -2.13. The molecule has 1 aromatic carbocycles. The number of benzene rings is 1. The van der Waals surface area contributed by atoms with E-state index in [2.05, 4.69) is 23.9 Å². The fraction of sp³-hybridized carbons (Fsp3) is 0.462. The van der Waals surface area contributed by atoms with Gasteiger partial charge in [0, 0.05) is 11.4 Å². The van der Waals surface area contributed by atoms with Crippen LogP contribution in [0.25, 0.3) is 0 Å². The molecule has 1 rings (SSSR count). The van der Waals surface area contributed by atoms with E-state index in [9.17, 15) is 4.57 Å². The molecule has 0 heterocycles. The molecule has 0 aliphatic rings. The summed E-state index contributed by atoms with van der Waals surface area (Å²) in [7, 11) is 0. The number of hydrogen-bond acceptors (Lipinski definition) is 3. The maximum Gasteiger partial charge on any atom is 0.373 e.